The van der Waals surface area contributed by atoms with E-state index in [1.807, 2.05) is 6.07 Å². The first kappa shape index (κ1) is 10.5. The molecule has 2 aromatic rings. The smallest absolute Gasteiger partial charge is 0.167 e. The van der Waals surface area contributed by atoms with Crippen molar-refractivity contribution < 1.29 is 4.52 Å². The Kier molecular flexibility index (Phi) is 2.69. The Labute approximate surface area is 101 Å². The number of aryl methyl sites for hydroxylation is 1. The summed E-state index contributed by atoms with van der Waals surface area (Å²) < 4.78 is 5.43. The van der Waals surface area contributed by atoms with Gasteiger partial charge in [0.1, 0.15) is 5.69 Å². The van der Waals surface area contributed by atoms with Crippen LogP contribution in [-0.2, 0) is 0 Å². The molecular weight excluding hydrogens is 212 g/mol. The van der Waals surface area contributed by atoms with Gasteiger partial charge in [0.2, 0.25) is 0 Å². The molecule has 1 aromatic carbocycles. The third-order valence-corrected chi connectivity index (χ3v) is 3.25. The van der Waals surface area contributed by atoms with E-state index in [0.717, 1.165) is 30.0 Å². The quantitative estimate of drug-likeness (QED) is 0.858. The van der Waals surface area contributed by atoms with Gasteiger partial charge in [-0.2, -0.15) is 0 Å². The fourth-order valence-corrected chi connectivity index (χ4v) is 2.32. The number of rotatable bonds is 2. The maximum Gasteiger partial charge on any atom is 0.167 e. The molecule has 0 radical (unpaired) electrons. The van der Waals surface area contributed by atoms with Gasteiger partial charge in [0.05, 0.1) is 6.04 Å². The Bertz CT molecular complexity index is 512. The zero-order valence-corrected chi connectivity index (χ0v) is 9.94. The third kappa shape index (κ3) is 2.11. The van der Waals surface area contributed by atoms with Crippen molar-refractivity contribution >= 4 is 0 Å². The molecule has 3 heteroatoms. The molecular formula is C14H16N2O. The van der Waals surface area contributed by atoms with Crippen LogP contribution in [0.15, 0.2) is 34.9 Å². The van der Waals surface area contributed by atoms with Crippen LogP contribution in [0.5, 0.6) is 0 Å². The molecule has 3 nitrogen and oxygen atoms in total. The van der Waals surface area contributed by atoms with Crippen LogP contribution >= 0.6 is 0 Å². The highest BCUT2D eigenvalue weighted by molar-refractivity contribution is 5.58. The molecule has 0 unspecified atom stereocenters. The predicted molar refractivity (Wildman–Crippen MR) is 66.7 cm³/mol. The lowest BCUT2D eigenvalue weighted by atomic mass is 10.1. The van der Waals surface area contributed by atoms with Gasteiger partial charge in [-0.3, -0.25) is 0 Å². The molecule has 1 atom stereocenters. The molecule has 0 spiro atoms. The Hall–Kier alpha value is -1.61. The number of benzene rings is 1. The molecule has 2 heterocycles. The summed E-state index contributed by atoms with van der Waals surface area (Å²) in [5.74, 6) is 0.859. The second kappa shape index (κ2) is 4.34. The van der Waals surface area contributed by atoms with Crippen molar-refractivity contribution in [3.05, 3.63) is 41.6 Å². The van der Waals surface area contributed by atoms with Gasteiger partial charge < -0.3 is 9.84 Å². The number of nitrogens with zero attached hydrogens (tertiary/aromatic N) is 1. The first-order valence-corrected chi connectivity index (χ1v) is 6.10. The lowest BCUT2D eigenvalue weighted by Crippen LogP contribution is -2.12. The first-order valence-electron chi connectivity index (χ1n) is 6.10. The minimum atomic E-state index is 0.373. The van der Waals surface area contributed by atoms with Crippen LogP contribution < -0.4 is 5.32 Å². The van der Waals surface area contributed by atoms with Crippen molar-refractivity contribution in [2.75, 3.05) is 6.54 Å². The van der Waals surface area contributed by atoms with Crippen LogP contribution in [0, 0.1) is 6.92 Å². The topological polar surface area (TPSA) is 38.1 Å². The van der Waals surface area contributed by atoms with Crippen LogP contribution in [0.4, 0.5) is 0 Å². The summed E-state index contributed by atoms with van der Waals surface area (Å²) in [6, 6.07) is 10.7. The molecule has 0 amide bonds. The Morgan fingerprint density at radius 1 is 1.35 bits per heavy atom. The van der Waals surface area contributed by atoms with Crippen LogP contribution in [0.3, 0.4) is 0 Å². The van der Waals surface area contributed by atoms with Crippen molar-refractivity contribution in [2.24, 2.45) is 0 Å². The molecule has 1 aliphatic heterocycles. The zero-order chi connectivity index (χ0) is 11.7. The average molecular weight is 228 g/mol. The van der Waals surface area contributed by atoms with Gasteiger partial charge in [-0.05, 0) is 32.4 Å². The zero-order valence-electron chi connectivity index (χ0n) is 9.94. The molecule has 0 saturated carbocycles. The highest BCUT2D eigenvalue weighted by atomic mass is 16.5. The van der Waals surface area contributed by atoms with Gasteiger partial charge in [-0.15, -0.1) is 0 Å². The number of aromatic nitrogens is 1. The maximum absolute atomic E-state index is 5.43. The highest BCUT2D eigenvalue weighted by Gasteiger charge is 2.20. The summed E-state index contributed by atoms with van der Waals surface area (Å²) in [5, 5.41) is 7.59. The molecule has 3 rings (SSSR count). The Morgan fingerprint density at radius 3 is 3.06 bits per heavy atom. The van der Waals surface area contributed by atoms with E-state index < -0.39 is 0 Å². The third-order valence-electron chi connectivity index (χ3n) is 3.25. The fraction of sp³-hybridized carbons (Fsp3) is 0.357. The Morgan fingerprint density at radius 2 is 2.29 bits per heavy atom. The summed E-state index contributed by atoms with van der Waals surface area (Å²) in [5.41, 5.74) is 3.36. The molecule has 0 aliphatic carbocycles. The summed E-state index contributed by atoms with van der Waals surface area (Å²) in [4.78, 5) is 0. The summed E-state index contributed by atoms with van der Waals surface area (Å²) >= 11 is 0. The molecule has 1 N–H and O–H groups in total. The first-order chi connectivity index (χ1) is 8.33. The van der Waals surface area contributed by atoms with E-state index >= 15 is 0 Å². The van der Waals surface area contributed by atoms with E-state index in [-0.39, 0.29) is 0 Å². The second-order valence-corrected chi connectivity index (χ2v) is 4.63. The maximum atomic E-state index is 5.43. The van der Waals surface area contributed by atoms with E-state index in [4.69, 9.17) is 4.52 Å². The van der Waals surface area contributed by atoms with Crippen molar-refractivity contribution in [3.8, 4) is 11.3 Å². The van der Waals surface area contributed by atoms with Crippen LogP contribution in [0.25, 0.3) is 11.3 Å². The number of nitrogens with one attached hydrogen (secondary N) is 1. The average Bonchev–Trinajstić information content (AvgIpc) is 3.00. The molecule has 1 aliphatic rings. The predicted octanol–water partition coefficient (Wildman–Crippen LogP) is 3.07. The van der Waals surface area contributed by atoms with Crippen molar-refractivity contribution in [1.29, 1.82) is 0 Å². The summed E-state index contributed by atoms with van der Waals surface area (Å²) in [7, 11) is 0. The van der Waals surface area contributed by atoms with E-state index in [9.17, 15) is 0 Å². The lowest BCUT2D eigenvalue weighted by Gasteiger charge is -2.03. The van der Waals surface area contributed by atoms with Gasteiger partial charge in [0.15, 0.2) is 5.76 Å². The minimum Gasteiger partial charge on any atom is -0.356 e. The normalized spacial score (nSPS) is 19.7. The van der Waals surface area contributed by atoms with E-state index in [1.54, 1.807) is 0 Å². The number of hydrogen-bond donors (Lipinski definition) is 1. The fourth-order valence-electron chi connectivity index (χ4n) is 2.32. The molecule has 1 saturated heterocycles. The lowest BCUT2D eigenvalue weighted by molar-refractivity contribution is 0.412. The van der Waals surface area contributed by atoms with Gasteiger partial charge >= 0.3 is 0 Å². The molecule has 1 aromatic heterocycles. The monoisotopic (exact) mass is 228 g/mol. The van der Waals surface area contributed by atoms with E-state index in [1.165, 1.54) is 12.0 Å². The van der Waals surface area contributed by atoms with Crippen molar-refractivity contribution in [2.45, 2.75) is 25.8 Å². The second-order valence-electron chi connectivity index (χ2n) is 4.63. The number of hydrogen-bond acceptors (Lipinski definition) is 3. The summed E-state index contributed by atoms with van der Waals surface area (Å²) in [6.45, 7) is 3.16. The van der Waals surface area contributed by atoms with Gasteiger partial charge in [-0.25, -0.2) is 0 Å². The SMILES string of the molecule is Cc1cccc(-c2cc([C@H]3CCCN3)no2)c1. The molecule has 0 bridgehead atoms. The largest absolute Gasteiger partial charge is 0.356 e. The standard InChI is InChI=1S/C14H16N2O/c1-10-4-2-5-11(8-10)14-9-13(16-17-14)12-6-3-7-15-12/h2,4-5,8-9,12,15H,3,6-7H2,1H3/t12-/m1/s1. The van der Waals surface area contributed by atoms with Crippen molar-refractivity contribution in [3.63, 3.8) is 0 Å². The van der Waals surface area contributed by atoms with Gasteiger partial charge in [-0.1, -0.05) is 28.9 Å². The van der Waals surface area contributed by atoms with E-state index in [2.05, 4.69) is 41.7 Å². The highest BCUT2D eigenvalue weighted by Crippen LogP contribution is 2.27. The van der Waals surface area contributed by atoms with Crippen LogP contribution in [-0.4, -0.2) is 11.7 Å². The summed E-state index contributed by atoms with van der Waals surface area (Å²) in [6.07, 6.45) is 2.37. The molecule has 88 valence electrons. The van der Waals surface area contributed by atoms with Crippen LogP contribution in [0.2, 0.25) is 0 Å². The van der Waals surface area contributed by atoms with Crippen LogP contribution in [0.1, 0.15) is 30.1 Å². The van der Waals surface area contributed by atoms with Crippen molar-refractivity contribution in [1.82, 2.24) is 10.5 Å². The van der Waals surface area contributed by atoms with Gasteiger partial charge in [0.25, 0.3) is 0 Å². The van der Waals surface area contributed by atoms with E-state index in [0.29, 0.717) is 6.04 Å². The Balaban J connectivity index is 1.89. The minimum absolute atomic E-state index is 0.373. The molecule has 1 fully saturated rings. The molecule has 17 heavy (non-hydrogen) atoms. The van der Waals surface area contributed by atoms with Gasteiger partial charge in [0, 0.05) is 11.6 Å².